The Morgan fingerprint density at radius 1 is 1.00 bits per heavy atom. The van der Waals surface area contributed by atoms with Crippen LogP contribution in [0.15, 0.2) is 59.4 Å². The van der Waals surface area contributed by atoms with Crippen LogP contribution in [0.2, 0.25) is 0 Å². The van der Waals surface area contributed by atoms with E-state index in [4.69, 9.17) is 19.8 Å². The Hall–Kier alpha value is -4.00. The van der Waals surface area contributed by atoms with Gasteiger partial charge in [-0.05, 0) is 43.2 Å². The molecule has 160 valence electrons. The second-order valence-corrected chi connectivity index (χ2v) is 7.71. The van der Waals surface area contributed by atoms with Gasteiger partial charge in [-0.2, -0.15) is 5.10 Å². The molecule has 0 aliphatic rings. The zero-order valence-corrected chi connectivity index (χ0v) is 18.2. The number of aromatic amines is 1. The Kier molecular flexibility index (Phi) is 4.93. The third kappa shape index (κ3) is 3.22. The highest BCUT2D eigenvalue weighted by molar-refractivity contribution is 6.08. The minimum Gasteiger partial charge on any atom is -0.497 e. The number of aryl methyl sites for hydroxylation is 2. The standard InChI is InChI=1S/C25H23N5O2/c1-4-8-19-26-23-22(25(31)27-19)21(16-11-13-18(32-3)14-12-16)20-15(2)29-30(24(20)28-23)17-9-6-5-7-10-17/h5-7,9-14H,4,8H2,1-3H3,(H,26,27,28,31). The van der Waals surface area contributed by atoms with Gasteiger partial charge in [-0.25, -0.2) is 14.6 Å². The molecule has 1 N–H and O–H groups in total. The molecule has 0 spiro atoms. The largest absolute Gasteiger partial charge is 0.497 e. The summed E-state index contributed by atoms with van der Waals surface area (Å²) in [6.45, 7) is 3.99. The number of nitrogens with zero attached hydrogens (tertiary/aromatic N) is 4. The quantitative estimate of drug-likeness (QED) is 0.445. The summed E-state index contributed by atoms with van der Waals surface area (Å²) in [5, 5.41) is 6.09. The number of rotatable bonds is 5. The highest BCUT2D eigenvalue weighted by Gasteiger charge is 2.22. The smallest absolute Gasteiger partial charge is 0.261 e. The molecule has 0 unspecified atom stereocenters. The van der Waals surface area contributed by atoms with Gasteiger partial charge in [-0.1, -0.05) is 37.3 Å². The first-order chi connectivity index (χ1) is 15.6. The van der Waals surface area contributed by atoms with Crippen molar-refractivity contribution in [3.05, 3.63) is 76.5 Å². The lowest BCUT2D eigenvalue weighted by Crippen LogP contribution is -2.14. The first-order valence-electron chi connectivity index (χ1n) is 10.6. The second kappa shape index (κ2) is 7.92. The minimum atomic E-state index is -0.189. The third-order valence-electron chi connectivity index (χ3n) is 5.56. The molecule has 5 rings (SSSR count). The zero-order chi connectivity index (χ0) is 22.2. The third-order valence-corrected chi connectivity index (χ3v) is 5.56. The molecular weight excluding hydrogens is 402 g/mol. The van der Waals surface area contributed by atoms with Crippen molar-refractivity contribution in [1.82, 2.24) is 24.7 Å². The maximum atomic E-state index is 13.2. The van der Waals surface area contributed by atoms with Crippen molar-refractivity contribution in [3.63, 3.8) is 0 Å². The number of pyridine rings is 1. The number of fused-ring (bicyclic) bond motifs is 2. The van der Waals surface area contributed by atoms with Gasteiger partial charge in [-0.15, -0.1) is 0 Å². The van der Waals surface area contributed by atoms with Gasteiger partial charge in [0.1, 0.15) is 11.6 Å². The Balaban J connectivity index is 1.93. The fourth-order valence-corrected chi connectivity index (χ4v) is 4.10. The van der Waals surface area contributed by atoms with Gasteiger partial charge in [0.2, 0.25) is 0 Å². The number of hydrogen-bond donors (Lipinski definition) is 1. The van der Waals surface area contributed by atoms with Crippen LogP contribution < -0.4 is 10.3 Å². The number of ether oxygens (including phenoxy) is 1. The predicted octanol–water partition coefficient (Wildman–Crippen LogP) is 4.59. The number of para-hydroxylation sites is 1. The van der Waals surface area contributed by atoms with Gasteiger partial charge in [0.15, 0.2) is 11.3 Å². The molecule has 0 fully saturated rings. The molecule has 3 heterocycles. The monoisotopic (exact) mass is 425 g/mol. The molecule has 0 saturated heterocycles. The van der Waals surface area contributed by atoms with Crippen LogP contribution in [0.4, 0.5) is 0 Å². The summed E-state index contributed by atoms with van der Waals surface area (Å²) in [6, 6.07) is 17.5. The summed E-state index contributed by atoms with van der Waals surface area (Å²) in [5.41, 5.74) is 4.27. The second-order valence-electron chi connectivity index (χ2n) is 7.71. The molecule has 0 aliphatic carbocycles. The van der Waals surface area contributed by atoms with Crippen LogP contribution in [0.1, 0.15) is 24.9 Å². The van der Waals surface area contributed by atoms with Crippen LogP contribution in [0, 0.1) is 6.92 Å². The van der Waals surface area contributed by atoms with Crippen molar-refractivity contribution in [1.29, 1.82) is 0 Å². The van der Waals surface area contributed by atoms with Gasteiger partial charge < -0.3 is 9.72 Å². The van der Waals surface area contributed by atoms with Gasteiger partial charge >= 0.3 is 0 Å². The minimum absolute atomic E-state index is 0.189. The molecule has 0 atom stereocenters. The molecular formula is C25H23N5O2. The lowest BCUT2D eigenvalue weighted by molar-refractivity contribution is 0.415. The van der Waals surface area contributed by atoms with Crippen LogP contribution >= 0.6 is 0 Å². The van der Waals surface area contributed by atoms with E-state index in [0.717, 1.165) is 40.1 Å². The van der Waals surface area contributed by atoms with Crippen LogP contribution in [0.5, 0.6) is 5.75 Å². The van der Waals surface area contributed by atoms with E-state index in [1.165, 1.54) is 0 Å². The maximum Gasteiger partial charge on any atom is 0.261 e. The number of aromatic nitrogens is 5. The molecule has 5 aromatic rings. The molecule has 7 heteroatoms. The molecule has 0 aliphatic heterocycles. The molecule has 0 bridgehead atoms. The van der Waals surface area contributed by atoms with E-state index < -0.39 is 0 Å². The highest BCUT2D eigenvalue weighted by Crippen LogP contribution is 2.36. The molecule has 3 aromatic heterocycles. The number of benzene rings is 2. The van der Waals surface area contributed by atoms with E-state index in [2.05, 4.69) is 11.9 Å². The molecule has 7 nitrogen and oxygen atoms in total. The van der Waals surface area contributed by atoms with Gasteiger partial charge in [0, 0.05) is 12.0 Å². The Morgan fingerprint density at radius 2 is 1.75 bits per heavy atom. The Labute approximate surface area is 184 Å². The summed E-state index contributed by atoms with van der Waals surface area (Å²) in [4.78, 5) is 25.7. The lowest BCUT2D eigenvalue weighted by Gasteiger charge is -2.11. The van der Waals surface area contributed by atoms with Crippen LogP contribution in [0.25, 0.3) is 38.9 Å². The highest BCUT2D eigenvalue weighted by atomic mass is 16.5. The molecule has 0 saturated carbocycles. The summed E-state index contributed by atoms with van der Waals surface area (Å²) >= 11 is 0. The Morgan fingerprint density at radius 3 is 2.44 bits per heavy atom. The van der Waals surface area contributed by atoms with E-state index in [1.807, 2.05) is 66.2 Å². The van der Waals surface area contributed by atoms with Crippen molar-refractivity contribution in [2.75, 3.05) is 7.11 Å². The van der Waals surface area contributed by atoms with Crippen molar-refractivity contribution in [2.24, 2.45) is 0 Å². The summed E-state index contributed by atoms with van der Waals surface area (Å²) < 4.78 is 7.14. The molecule has 2 aromatic carbocycles. The zero-order valence-electron chi connectivity index (χ0n) is 18.2. The average Bonchev–Trinajstić information content (AvgIpc) is 3.14. The number of H-pyrrole nitrogens is 1. The molecule has 0 amide bonds. The van der Waals surface area contributed by atoms with Crippen molar-refractivity contribution >= 4 is 22.1 Å². The van der Waals surface area contributed by atoms with Crippen LogP contribution in [-0.4, -0.2) is 31.8 Å². The van der Waals surface area contributed by atoms with Crippen molar-refractivity contribution in [2.45, 2.75) is 26.7 Å². The maximum absolute atomic E-state index is 13.2. The first kappa shape index (κ1) is 19.9. The summed E-state index contributed by atoms with van der Waals surface area (Å²) in [6.07, 6.45) is 1.56. The average molecular weight is 425 g/mol. The van der Waals surface area contributed by atoms with Crippen molar-refractivity contribution in [3.8, 4) is 22.6 Å². The number of hydrogen-bond acceptors (Lipinski definition) is 5. The SMILES string of the molecule is CCCc1nc2nc3c(c(C)nn3-c3ccccc3)c(-c3ccc(OC)cc3)c2c(=O)[nH]1. The molecule has 0 radical (unpaired) electrons. The number of methoxy groups -OCH3 is 1. The summed E-state index contributed by atoms with van der Waals surface area (Å²) in [5.74, 6) is 1.39. The Bertz CT molecular complexity index is 1490. The van der Waals surface area contributed by atoms with E-state index in [1.54, 1.807) is 7.11 Å². The number of nitrogens with one attached hydrogen (secondary N) is 1. The first-order valence-corrected chi connectivity index (χ1v) is 10.6. The lowest BCUT2D eigenvalue weighted by atomic mass is 9.98. The van der Waals surface area contributed by atoms with Crippen LogP contribution in [0.3, 0.4) is 0 Å². The fraction of sp³-hybridized carbons (Fsp3) is 0.200. The molecule has 32 heavy (non-hydrogen) atoms. The van der Waals surface area contributed by atoms with E-state index in [-0.39, 0.29) is 5.56 Å². The van der Waals surface area contributed by atoms with Gasteiger partial charge in [-0.3, -0.25) is 4.79 Å². The van der Waals surface area contributed by atoms with E-state index in [0.29, 0.717) is 28.9 Å². The normalized spacial score (nSPS) is 11.3. The topological polar surface area (TPSA) is 85.7 Å². The van der Waals surface area contributed by atoms with Crippen LogP contribution in [-0.2, 0) is 6.42 Å². The predicted molar refractivity (Wildman–Crippen MR) is 126 cm³/mol. The van der Waals surface area contributed by atoms with Crippen molar-refractivity contribution < 1.29 is 4.74 Å². The van der Waals surface area contributed by atoms with Gasteiger partial charge in [0.05, 0.1) is 29.3 Å². The fourth-order valence-electron chi connectivity index (χ4n) is 4.10. The summed E-state index contributed by atoms with van der Waals surface area (Å²) in [7, 11) is 1.63. The van der Waals surface area contributed by atoms with E-state index in [9.17, 15) is 4.79 Å². The van der Waals surface area contributed by atoms with E-state index >= 15 is 0 Å². The van der Waals surface area contributed by atoms with Gasteiger partial charge in [0.25, 0.3) is 5.56 Å².